The van der Waals surface area contributed by atoms with Gasteiger partial charge in [-0.25, -0.2) is 43.1 Å². The quantitative estimate of drug-likeness (QED) is 0.0772. The number of anilines is 5. The van der Waals surface area contributed by atoms with E-state index >= 15 is 0 Å². The molecule has 12 aromatic heterocycles. The molecule has 12 heterocycles. The number of hydrogen-bond acceptors (Lipinski definition) is 24. The van der Waals surface area contributed by atoms with Gasteiger partial charge in [-0.05, 0) is 139 Å². The van der Waals surface area contributed by atoms with Crippen molar-refractivity contribution in [3.05, 3.63) is 181 Å². The standard InChI is InChI=1S/C14H17N3S.C13H14FN3S.C13H15N3S.C12H12FN3S.C12H11FN2OS2.C12H13N3S/c1-3-17(2)14-12(10-6-7-10)16-13(18-14)11-5-4-8-15-9-11;1-17(2)13-11(8-3-4-8)16-12(18-13)9-5-10(14)7-15-6-9;1-16(2)13-11(9-5-6-9)15-12(17-13)10-4-3-7-14-8-10;1-14-12-10(7-2-3-7)16-11(17-12)8-4-9(13)6-15-5-8;1-18(16)12-10(7-2-3-7)15-11(17-12)8-4-9(13)6-14-5-8;1-13-12-10(8-4-5-8)15-11(16-12)9-3-2-6-14-7-9/h4-5,8-10H,3,6-7H2,1-2H3;5-8H,3-4H2,1-2H3;3-4,7-9H,5-6H2,1-2H3;4-7,14H,2-3H2,1H3;4-7H,2-3H2,1H3;2-3,6-8,13H,4-5H2,1H3. The largest absolute Gasteiger partial charge is 0.378 e. The third-order valence-corrected chi connectivity index (χ3v) is 26.2. The molecule has 6 fully saturated rings. The van der Waals surface area contributed by atoms with Crippen molar-refractivity contribution in [1.29, 1.82) is 0 Å². The summed E-state index contributed by atoms with van der Waals surface area (Å²) in [5.41, 5.74) is 12.5. The fourth-order valence-corrected chi connectivity index (χ4v) is 18.5. The molecule has 540 valence electrons. The zero-order chi connectivity index (χ0) is 72.5. The van der Waals surface area contributed by atoms with Gasteiger partial charge in [0.25, 0.3) is 0 Å². The summed E-state index contributed by atoms with van der Waals surface area (Å²) in [6.45, 7) is 3.20. The highest BCUT2D eigenvalue weighted by atomic mass is 32.2. The van der Waals surface area contributed by atoms with E-state index in [9.17, 15) is 17.4 Å². The van der Waals surface area contributed by atoms with Crippen LogP contribution < -0.4 is 25.3 Å². The van der Waals surface area contributed by atoms with Crippen LogP contribution in [0.3, 0.4) is 0 Å². The van der Waals surface area contributed by atoms with Crippen molar-refractivity contribution in [3.8, 4) is 63.4 Å². The van der Waals surface area contributed by atoms with E-state index in [1.54, 1.807) is 100 Å². The van der Waals surface area contributed by atoms with Crippen molar-refractivity contribution < 1.29 is 17.4 Å². The first-order valence-electron chi connectivity index (χ1n) is 34.8. The second-order valence-electron chi connectivity index (χ2n) is 26.6. The van der Waals surface area contributed by atoms with Gasteiger partial charge < -0.3 is 25.3 Å². The Balaban J connectivity index is 0.000000111. The second kappa shape index (κ2) is 33.8. The number of halogens is 3. The van der Waals surface area contributed by atoms with Gasteiger partial charge in [-0.1, -0.05) is 56.7 Å². The summed E-state index contributed by atoms with van der Waals surface area (Å²) in [5.74, 6) is 2.66. The normalized spacial score (nSPS) is 15.2. The zero-order valence-electron chi connectivity index (χ0n) is 59.4. The molecule has 1 atom stereocenters. The zero-order valence-corrected chi connectivity index (χ0v) is 65.1. The molecular weight excluding hydrogens is 1450 g/mol. The SMILES string of the molecule is CCN(C)c1sc(-c2cccnc2)nc1C1CC1.CN(C)c1sc(-c2cccnc2)nc1C1CC1.CN(C)c1sc(-c2cncc(F)c2)nc1C1CC1.CNc1sc(-c2cccnc2)nc1C1CC1.CNc1sc(-c2cncc(F)c2)nc1C1CC1.CS(=O)c1sc(-c2cncc(F)c2)nc1C1CC1. The Morgan fingerprint density at radius 2 is 0.683 bits per heavy atom. The molecule has 28 heteroatoms. The predicted octanol–water partition coefficient (Wildman–Crippen LogP) is 19.3. The van der Waals surface area contributed by atoms with E-state index in [-0.39, 0.29) is 17.5 Å². The van der Waals surface area contributed by atoms with E-state index in [2.05, 4.69) is 116 Å². The van der Waals surface area contributed by atoms with E-state index < -0.39 is 10.8 Å². The van der Waals surface area contributed by atoms with Gasteiger partial charge in [0, 0.05) is 187 Å². The molecule has 1 unspecified atom stereocenters. The van der Waals surface area contributed by atoms with Crippen molar-refractivity contribution in [2.45, 2.75) is 124 Å². The van der Waals surface area contributed by atoms with Crippen molar-refractivity contribution in [2.75, 3.05) is 87.5 Å². The topological polar surface area (TPSA) is 206 Å². The van der Waals surface area contributed by atoms with Crippen LogP contribution in [0, 0.1) is 17.5 Å². The van der Waals surface area contributed by atoms with Crippen molar-refractivity contribution >= 4 is 104 Å². The van der Waals surface area contributed by atoms with Gasteiger partial charge in [-0.2, -0.15) is 0 Å². The second-order valence-corrected chi connectivity index (χ2v) is 34.1. The molecule has 0 bridgehead atoms. The Morgan fingerprint density at radius 3 is 1.00 bits per heavy atom. The summed E-state index contributed by atoms with van der Waals surface area (Å²) in [5, 5.41) is 18.2. The molecule has 0 saturated heterocycles. The molecule has 104 heavy (non-hydrogen) atoms. The lowest BCUT2D eigenvalue weighted by Crippen LogP contribution is -2.15. The molecule has 6 aliphatic carbocycles. The molecule has 12 aromatic rings. The highest BCUT2D eigenvalue weighted by molar-refractivity contribution is 7.86. The van der Waals surface area contributed by atoms with Gasteiger partial charge in [0.2, 0.25) is 0 Å². The van der Waals surface area contributed by atoms with Crippen molar-refractivity contribution in [2.24, 2.45) is 0 Å². The van der Waals surface area contributed by atoms with Gasteiger partial charge in [-0.15, -0.1) is 11.3 Å². The number of nitrogens with one attached hydrogen (secondary N) is 2. The molecule has 0 spiro atoms. The molecule has 0 aliphatic heterocycles. The number of hydrogen-bond donors (Lipinski definition) is 2. The molecule has 0 amide bonds. The summed E-state index contributed by atoms with van der Waals surface area (Å²) in [7, 11) is 13.2. The predicted molar refractivity (Wildman–Crippen MR) is 423 cm³/mol. The minimum Gasteiger partial charge on any atom is -0.378 e. The molecule has 18 nitrogen and oxygen atoms in total. The van der Waals surface area contributed by atoms with Crippen LogP contribution in [0.15, 0.2) is 133 Å². The molecule has 6 saturated carbocycles. The van der Waals surface area contributed by atoms with Crippen molar-refractivity contribution in [1.82, 2.24) is 59.8 Å². The number of rotatable bonds is 19. The number of pyridine rings is 6. The Hall–Kier alpha value is -8.38. The van der Waals surface area contributed by atoms with Crippen molar-refractivity contribution in [3.63, 3.8) is 0 Å². The maximum atomic E-state index is 13.2. The lowest BCUT2D eigenvalue weighted by atomic mass is 10.3. The lowest BCUT2D eigenvalue weighted by Gasteiger charge is -2.15. The Morgan fingerprint density at radius 1 is 0.394 bits per heavy atom. The molecule has 6 aliphatic rings. The summed E-state index contributed by atoms with van der Waals surface area (Å²) in [4.78, 5) is 58.8. The van der Waals surface area contributed by atoms with Crippen LogP contribution in [0.2, 0.25) is 0 Å². The maximum absolute atomic E-state index is 13.2. The monoisotopic (exact) mass is 1530 g/mol. The highest BCUT2D eigenvalue weighted by Crippen LogP contribution is 2.52. The number of aromatic nitrogens is 12. The maximum Gasteiger partial charge on any atom is 0.142 e. The first kappa shape index (κ1) is 73.9. The number of nitrogens with zero attached hydrogens (tertiary/aromatic N) is 15. The van der Waals surface area contributed by atoms with E-state index in [1.165, 1.54) is 143 Å². The summed E-state index contributed by atoms with van der Waals surface area (Å²) in [6.07, 6.45) is 36.0. The van der Waals surface area contributed by atoms with E-state index in [0.717, 1.165) is 105 Å². The van der Waals surface area contributed by atoms with Gasteiger partial charge in [-0.3, -0.25) is 34.1 Å². The molecule has 0 aromatic carbocycles. The van der Waals surface area contributed by atoms with Crippen LogP contribution in [-0.2, 0) is 10.8 Å². The Bertz CT molecular complexity index is 4810. The first-order valence-corrected chi connectivity index (χ1v) is 41.3. The molecule has 0 radical (unpaired) electrons. The van der Waals surface area contributed by atoms with Crippen LogP contribution >= 0.6 is 68.0 Å². The van der Waals surface area contributed by atoms with Crippen LogP contribution in [0.1, 0.15) is 154 Å². The summed E-state index contributed by atoms with van der Waals surface area (Å²) in [6, 6.07) is 16.5. The van der Waals surface area contributed by atoms with E-state index in [1.807, 2.05) is 65.0 Å². The molecule has 2 N–H and O–H groups in total. The fraction of sp³-hybridized carbons (Fsp3) is 0.368. The molecule has 18 rings (SSSR count). The lowest BCUT2D eigenvalue weighted by molar-refractivity contribution is 0.621. The summed E-state index contributed by atoms with van der Waals surface area (Å²) < 4.78 is 52.0. The minimum absolute atomic E-state index is 0.318. The van der Waals surface area contributed by atoms with E-state index in [0.29, 0.717) is 46.1 Å². The van der Waals surface area contributed by atoms with Gasteiger partial charge in [0.15, 0.2) is 0 Å². The van der Waals surface area contributed by atoms with E-state index in [4.69, 9.17) is 15.0 Å². The summed E-state index contributed by atoms with van der Waals surface area (Å²) >= 11 is 9.82. The van der Waals surface area contributed by atoms with Crippen LogP contribution in [0.25, 0.3) is 63.4 Å². The number of thiazole rings is 6. The third kappa shape index (κ3) is 19.0. The third-order valence-electron chi connectivity index (χ3n) is 17.5. The molecular formula is C76H82F3N17OS7. The Labute approximate surface area is 631 Å². The average molecular weight is 1530 g/mol. The fourth-order valence-electron chi connectivity index (χ4n) is 11.1. The minimum atomic E-state index is -1.04. The van der Waals surface area contributed by atoms with Crippen LogP contribution in [-0.4, -0.2) is 126 Å². The Kier molecular flexibility index (Phi) is 24.0. The average Bonchev–Trinajstić information content (AvgIpc) is 1.92. The van der Waals surface area contributed by atoms with Crippen LogP contribution in [0.4, 0.5) is 38.2 Å². The highest BCUT2D eigenvalue weighted by Gasteiger charge is 2.36. The first-order chi connectivity index (χ1) is 50.5. The van der Waals surface area contributed by atoms with Gasteiger partial charge >= 0.3 is 0 Å². The van der Waals surface area contributed by atoms with Crippen LogP contribution in [0.5, 0.6) is 0 Å². The smallest absolute Gasteiger partial charge is 0.142 e. The van der Waals surface area contributed by atoms with Gasteiger partial charge in [0.05, 0.1) is 63.6 Å². The van der Waals surface area contributed by atoms with Gasteiger partial charge in [0.1, 0.15) is 76.7 Å².